The van der Waals surface area contributed by atoms with Crippen LogP contribution in [0.3, 0.4) is 0 Å². The molecule has 0 spiro atoms. The molecule has 150 valence electrons. The second-order valence-corrected chi connectivity index (χ2v) is 9.55. The number of pyridine rings is 1. The van der Waals surface area contributed by atoms with Gasteiger partial charge in [-0.3, -0.25) is 4.98 Å². The molecule has 3 rings (SSSR count). The van der Waals surface area contributed by atoms with Crippen LogP contribution in [0.5, 0.6) is 0 Å². The molecule has 0 aliphatic heterocycles. The molecule has 0 radical (unpaired) electrons. The lowest BCUT2D eigenvalue weighted by Gasteiger charge is -2.11. The predicted octanol–water partition coefficient (Wildman–Crippen LogP) is 3.30. The van der Waals surface area contributed by atoms with Gasteiger partial charge in [-0.15, -0.1) is 0 Å². The molecule has 7 heteroatoms. The van der Waals surface area contributed by atoms with Crippen LogP contribution < -0.4 is 4.72 Å². The van der Waals surface area contributed by atoms with Crippen molar-refractivity contribution in [1.29, 1.82) is 0 Å². The molecule has 0 unspecified atom stereocenters. The topological polar surface area (TPSA) is 67.2 Å². The maximum Gasteiger partial charge on any atom is 0.278 e. The van der Waals surface area contributed by atoms with Crippen LogP contribution in [-0.2, 0) is 23.2 Å². The minimum absolute atomic E-state index is 0.364. The summed E-state index contributed by atoms with van der Waals surface area (Å²) in [6.07, 6.45) is 4.59. The molecule has 0 aliphatic rings. The molecule has 0 saturated heterocycles. The van der Waals surface area contributed by atoms with Crippen LogP contribution >= 0.6 is 0 Å². The fourth-order valence-electron chi connectivity index (χ4n) is 3.25. The van der Waals surface area contributed by atoms with Crippen molar-refractivity contribution in [2.24, 2.45) is 5.92 Å². The van der Waals surface area contributed by atoms with Gasteiger partial charge in [0.15, 0.2) is 0 Å². The average Bonchev–Trinajstić information content (AvgIpc) is 2.98. The van der Waals surface area contributed by atoms with Crippen LogP contribution in [0.15, 0.2) is 48.8 Å². The largest absolute Gasteiger partial charge is 0.347 e. The van der Waals surface area contributed by atoms with E-state index in [0.717, 1.165) is 34.3 Å². The average molecular weight is 401 g/mol. The van der Waals surface area contributed by atoms with Gasteiger partial charge < -0.3 is 4.57 Å². The van der Waals surface area contributed by atoms with Crippen molar-refractivity contribution < 1.29 is 8.42 Å². The van der Waals surface area contributed by atoms with Gasteiger partial charge in [0.1, 0.15) is 0 Å². The molecular formula is C21H28N4O2S. The van der Waals surface area contributed by atoms with Gasteiger partial charge in [-0.1, -0.05) is 32.0 Å². The lowest BCUT2D eigenvalue weighted by molar-refractivity contribution is 0.506. The molecule has 1 aromatic carbocycles. The van der Waals surface area contributed by atoms with Gasteiger partial charge in [-0.05, 0) is 36.1 Å². The molecule has 0 atom stereocenters. The normalized spacial score (nSPS) is 12.4. The van der Waals surface area contributed by atoms with Crippen molar-refractivity contribution in [3.8, 4) is 11.3 Å². The van der Waals surface area contributed by atoms with Gasteiger partial charge in [0.05, 0.1) is 5.69 Å². The van der Waals surface area contributed by atoms with E-state index in [2.05, 4.69) is 52.5 Å². The van der Waals surface area contributed by atoms with Crippen molar-refractivity contribution >= 4 is 21.1 Å². The van der Waals surface area contributed by atoms with E-state index in [1.54, 1.807) is 6.20 Å². The highest BCUT2D eigenvalue weighted by atomic mass is 32.2. The van der Waals surface area contributed by atoms with E-state index in [9.17, 15) is 8.42 Å². The Morgan fingerprint density at radius 2 is 1.96 bits per heavy atom. The molecule has 0 fully saturated rings. The summed E-state index contributed by atoms with van der Waals surface area (Å²) in [6.45, 7) is 5.66. The van der Waals surface area contributed by atoms with Crippen molar-refractivity contribution in [2.45, 2.75) is 26.8 Å². The zero-order valence-corrected chi connectivity index (χ0v) is 17.7. The van der Waals surface area contributed by atoms with E-state index in [1.165, 1.54) is 18.4 Å². The number of hydrogen-bond donors (Lipinski definition) is 1. The Bertz CT molecular complexity index is 1040. The SMILES string of the molecule is CC(C)Cn1cc(CCNS(=O)(=O)N(C)C)c2ccc(-c3ccccn3)cc21. The van der Waals surface area contributed by atoms with Crippen molar-refractivity contribution in [3.63, 3.8) is 0 Å². The van der Waals surface area contributed by atoms with E-state index in [4.69, 9.17) is 0 Å². The summed E-state index contributed by atoms with van der Waals surface area (Å²) in [6, 6.07) is 12.3. The highest BCUT2D eigenvalue weighted by molar-refractivity contribution is 7.87. The van der Waals surface area contributed by atoms with Crippen LogP contribution in [0.2, 0.25) is 0 Å². The quantitative estimate of drug-likeness (QED) is 0.631. The Morgan fingerprint density at radius 3 is 2.61 bits per heavy atom. The van der Waals surface area contributed by atoms with Gasteiger partial charge in [0, 0.05) is 56.0 Å². The number of rotatable bonds is 8. The predicted molar refractivity (Wildman–Crippen MR) is 114 cm³/mol. The Hall–Kier alpha value is -2.22. The molecule has 0 saturated carbocycles. The number of fused-ring (bicyclic) bond motifs is 1. The Balaban J connectivity index is 1.93. The van der Waals surface area contributed by atoms with Crippen LogP contribution in [0, 0.1) is 5.92 Å². The number of nitrogens with zero attached hydrogens (tertiary/aromatic N) is 3. The molecule has 2 heterocycles. The Labute approximate surface area is 167 Å². The third-order valence-electron chi connectivity index (χ3n) is 4.65. The summed E-state index contributed by atoms with van der Waals surface area (Å²) in [5, 5.41) is 1.16. The first kappa shape index (κ1) is 20.5. The van der Waals surface area contributed by atoms with Gasteiger partial charge in [-0.2, -0.15) is 12.7 Å². The number of benzene rings is 1. The maximum absolute atomic E-state index is 11.9. The minimum atomic E-state index is -3.41. The van der Waals surface area contributed by atoms with Gasteiger partial charge in [0.2, 0.25) is 0 Å². The number of aromatic nitrogens is 2. The van der Waals surface area contributed by atoms with Crippen LogP contribution in [0.4, 0.5) is 0 Å². The van der Waals surface area contributed by atoms with Crippen molar-refractivity contribution in [3.05, 3.63) is 54.4 Å². The molecular weight excluding hydrogens is 372 g/mol. The fraction of sp³-hybridized carbons (Fsp3) is 0.381. The number of nitrogens with one attached hydrogen (secondary N) is 1. The van der Waals surface area contributed by atoms with Gasteiger partial charge in [-0.25, -0.2) is 4.72 Å². The van der Waals surface area contributed by atoms with E-state index >= 15 is 0 Å². The van der Waals surface area contributed by atoms with E-state index < -0.39 is 10.2 Å². The summed E-state index contributed by atoms with van der Waals surface area (Å²) in [7, 11) is -0.361. The summed E-state index contributed by atoms with van der Waals surface area (Å²) in [4.78, 5) is 4.46. The van der Waals surface area contributed by atoms with Crippen molar-refractivity contribution in [1.82, 2.24) is 18.6 Å². The number of hydrogen-bond acceptors (Lipinski definition) is 3. The third-order valence-corrected chi connectivity index (χ3v) is 6.18. The molecule has 1 N–H and O–H groups in total. The molecule has 28 heavy (non-hydrogen) atoms. The standard InChI is InChI=1S/C21H28N4O2S/c1-16(2)14-25-15-18(10-12-23-28(26,27)24(3)4)19-9-8-17(13-21(19)25)20-7-5-6-11-22-20/h5-9,11,13,15-16,23H,10,12,14H2,1-4H3. The molecule has 0 aliphatic carbocycles. The third kappa shape index (κ3) is 4.60. The minimum Gasteiger partial charge on any atom is -0.347 e. The van der Waals surface area contributed by atoms with E-state index in [1.807, 2.05) is 18.2 Å². The Morgan fingerprint density at radius 1 is 1.18 bits per heavy atom. The molecule has 6 nitrogen and oxygen atoms in total. The van der Waals surface area contributed by atoms with E-state index in [-0.39, 0.29) is 0 Å². The van der Waals surface area contributed by atoms with Crippen molar-refractivity contribution in [2.75, 3.05) is 20.6 Å². The first-order valence-electron chi connectivity index (χ1n) is 9.48. The lowest BCUT2D eigenvalue weighted by atomic mass is 10.1. The molecule has 3 aromatic rings. The summed E-state index contributed by atoms with van der Waals surface area (Å²) in [5.74, 6) is 0.509. The highest BCUT2D eigenvalue weighted by Gasteiger charge is 2.15. The fourth-order valence-corrected chi connectivity index (χ4v) is 3.87. The summed E-state index contributed by atoms with van der Waals surface area (Å²) >= 11 is 0. The lowest BCUT2D eigenvalue weighted by Crippen LogP contribution is -2.36. The molecule has 0 bridgehead atoms. The highest BCUT2D eigenvalue weighted by Crippen LogP contribution is 2.28. The zero-order valence-electron chi connectivity index (χ0n) is 16.9. The first-order chi connectivity index (χ1) is 13.3. The second-order valence-electron chi connectivity index (χ2n) is 7.58. The van der Waals surface area contributed by atoms with Crippen LogP contribution in [-0.4, -0.2) is 42.9 Å². The van der Waals surface area contributed by atoms with Gasteiger partial charge in [0.25, 0.3) is 10.2 Å². The Kier molecular flexibility index (Phi) is 6.17. The maximum atomic E-state index is 11.9. The van der Waals surface area contributed by atoms with Crippen LogP contribution in [0.25, 0.3) is 22.2 Å². The second kappa shape index (κ2) is 8.43. The van der Waals surface area contributed by atoms with Crippen LogP contribution in [0.1, 0.15) is 19.4 Å². The van der Waals surface area contributed by atoms with Gasteiger partial charge >= 0.3 is 0 Å². The zero-order chi connectivity index (χ0) is 20.3. The van der Waals surface area contributed by atoms with E-state index in [0.29, 0.717) is 18.9 Å². The first-order valence-corrected chi connectivity index (χ1v) is 10.9. The summed E-state index contributed by atoms with van der Waals surface area (Å²) in [5.41, 5.74) is 4.32. The molecule has 2 aromatic heterocycles. The molecule has 0 amide bonds. The monoisotopic (exact) mass is 400 g/mol. The summed E-state index contributed by atoms with van der Waals surface area (Å²) < 4.78 is 30.0. The smallest absolute Gasteiger partial charge is 0.278 e.